The molecule has 0 fully saturated rings. The number of H-pyrrole nitrogens is 2. The zero-order valence-corrected chi connectivity index (χ0v) is 24.6. The summed E-state index contributed by atoms with van der Waals surface area (Å²) in [5.74, 6) is -1.13. The van der Waals surface area contributed by atoms with Gasteiger partial charge in [0.05, 0.1) is 45.8 Å². The number of pyridine rings is 2. The molecule has 6 aromatic rings. The second kappa shape index (κ2) is 11.6. The van der Waals surface area contributed by atoms with Gasteiger partial charge in [-0.05, 0) is 48.2 Å². The molecule has 0 saturated heterocycles. The summed E-state index contributed by atoms with van der Waals surface area (Å²) in [4.78, 5) is 28.4. The largest absolute Gasteiger partial charge is 0.337 e. The third kappa shape index (κ3) is 5.91. The lowest BCUT2D eigenvalue weighted by Gasteiger charge is -2.07. The highest BCUT2D eigenvalue weighted by Crippen LogP contribution is 2.35. The molecule has 3 N–H and O–H groups in total. The molecular formula is C31H27F2N7O3S. The second-order valence-electron chi connectivity index (χ2n) is 10.6. The van der Waals surface area contributed by atoms with Gasteiger partial charge in [-0.15, -0.1) is 0 Å². The first-order valence-electron chi connectivity index (χ1n) is 13.8. The number of sulfone groups is 1. The molecule has 0 unspecified atom stereocenters. The van der Waals surface area contributed by atoms with Gasteiger partial charge in [-0.3, -0.25) is 19.9 Å². The highest BCUT2D eigenvalue weighted by Gasteiger charge is 2.22. The van der Waals surface area contributed by atoms with Crippen LogP contribution in [0, 0.1) is 11.6 Å². The normalized spacial score (nSPS) is 11.8. The predicted molar refractivity (Wildman–Crippen MR) is 165 cm³/mol. The topological polar surface area (TPSA) is 146 Å². The van der Waals surface area contributed by atoms with Gasteiger partial charge in [0.15, 0.2) is 11.6 Å². The molecule has 224 valence electrons. The summed E-state index contributed by atoms with van der Waals surface area (Å²) < 4.78 is 54.1. The number of para-hydroxylation sites is 1. The number of hydrogen-bond acceptors (Lipinski definition) is 7. The van der Waals surface area contributed by atoms with Crippen LogP contribution in [0.2, 0.25) is 0 Å². The highest BCUT2D eigenvalue weighted by atomic mass is 32.2. The molecule has 4 aromatic heterocycles. The van der Waals surface area contributed by atoms with Crippen molar-refractivity contribution in [3.05, 3.63) is 78.3 Å². The number of nitrogens with zero attached hydrogens (tertiary/aromatic N) is 4. The summed E-state index contributed by atoms with van der Waals surface area (Å²) in [6.45, 7) is 1.90. The molecule has 44 heavy (non-hydrogen) atoms. The molecule has 1 amide bonds. The minimum absolute atomic E-state index is 0.0254. The molecule has 0 bridgehead atoms. The van der Waals surface area contributed by atoms with Crippen molar-refractivity contribution in [3.8, 4) is 33.9 Å². The average molecular weight is 616 g/mol. The fraction of sp³-hybridized carbons (Fsp3) is 0.194. The van der Waals surface area contributed by atoms with Crippen LogP contribution in [0.15, 0.2) is 61.1 Å². The number of halogens is 2. The van der Waals surface area contributed by atoms with Crippen LogP contribution in [-0.2, 0) is 21.1 Å². The Morgan fingerprint density at radius 2 is 1.84 bits per heavy atom. The Morgan fingerprint density at radius 1 is 1.00 bits per heavy atom. The number of carbonyl (C=O) groups excluding carboxylic acids is 1. The number of amides is 1. The molecular weight excluding hydrogens is 588 g/mol. The molecule has 0 aliphatic heterocycles. The lowest BCUT2D eigenvalue weighted by molar-refractivity contribution is -0.116. The van der Waals surface area contributed by atoms with Gasteiger partial charge in [-0.2, -0.15) is 5.10 Å². The van der Waals surface area contributed by atoms with E-state index >= 15 is 4.39 Å². The highest BCUT2D eigenvalue weighted by molar-refractivity contribution is 7.90. The van der Waals surface area contributed by atoms with Gasteiger partial charge in [-0.25, -0.2) is 22.2 Å². The Kier molecular flexibility index (Phi) is 7.64. The van der Waals surface area contributed by atoms with Crippen molar-refractivity contribution in [2.45, 2.75) is 26.2 Å². The number of hydrogen-bond donors (Lipinski definition) is 3. The average Bonchev–Trinajstić information content (AvgIpc) is 3.61. The third-order valence-corrected chi connectivity index (χ3v) is 8.03. The minimum Gasteiger partial charge on any atom is -0.337 e. The van der Waals surface area contributed by atoms with Crippen molar-refractivity contribution >= 4 is 43.4 Å². The van der Waals surface area contributed by atoms with Crippen LogP contribution in [0.1, 0.15) is 25.3 Å². The quantitative estimate of drug-likeness (QED) is 0.185. The van der Waals surface area contributed by atoms with Gasteiger partial charge in [0.1, 0.15) is 27.0 Å². The Bertz CT molecular complexity index is 2160. The van der Waals surface area contributed by atoms with Gasteiger partial charge in [0.25, 0.3) is 0 Å². The summed E-state index contributed by atoms with van der Waals surface area (Å²) in [5.41, 5.74) is 4.20. The van der Waals surface area contributed by atoms with Crippen molar-refractivity contribution in [2.75, 3.05) is 17.3 Å². The first kappa shape index (κ1) is 29.1. The van der Waals surface area contributed by atoms with E-state index in [-0.39, 0.29) is 40.7 Å². The molecule has 0 atom stereocenters. The van der Waals surface area contributed by atoms with E-state index in [2.05, 4.69) is 30.5 Å². The van der Waals surface area contributed by atoms with Gasteiger partial charge in [-0.1, -0.05) is 25.1 Å². The van der Waals surface area contributed by atoms with E-state index in [0.717, 1.165) is 6.26 Å². The van der Waals surface area contributed by atoms with Crippen LogP contribution < -0.4 is 5.32 Å². The van der Waals surface area contributed by atoms with Crippen molar-refractivity contribution in [2.24, 2.45) is 0 Å². The number of benzene rings is 2. The zero-order chi connectivity index (χ0) is 31.0. The zero-order valence-electron chi connectivity index (χ0n) is 23.8. The smallest absolute Gasteiger partial charge is 0.224 e. The maximum absolute atomic E-state index is 16.1. The number of nitrogens with one attached hydrogen (secondary N) is 3. The summed E-state index contributed by atoms with van der Waals surface area (Å²) in [5, 5.41) is 10.0. The summed E-state index contributed by atoms with van der Waals surface area (Å²) >= 11 is 0. The predicted octanol–water partition coefficient (Wildman–Crippen LogP) is 5.83. The summed E-state index contributed by atoms with van der Waals surface area (Å²) in [6, 6.07) is 11.4. The van der Waals surface area contributed by atoms with Gasteiger partial charge < -0.3 is 10.3 Å². The maximum atomic E-state index is 16.1. The molecule has 0 aliphatic rings. The lowest BCUT2D eigenvalue weighted by Crippen LogP contribution is -2.10. The number of rotatable bonds is 9. The van der Waals surface area contributed by atoms with E-state index < -0.39 is 21.5 Å². The van der Waals surface area contributed by atoms with E-state index in [1.165, 1.54) is 30.7 Å². The van der Waals surface area contributed by atoms with Crippen LogP contribution in [0.5, 0.6) is 0 Å². The number of aromatic amines is 2. The molecule has 6 rings (SSSR count). The van der Waals surface area contributed by atoms with E-state index in [0.29, 0.717) is 57.3 Å². The van der Waals surface area contributed by atoms with Crippen LogP contribution in [0.4, 0.5) is 14.5 Å². The Hall–Kier alpha value is -5.04. The standard InChI is InChI=1S/C31H27F2N7O3S/c1-3-5-25(41)36-21-13-19(14-34-15-21)28-27(33)26-24(16-35-28)39-40-30(26)31-37-23-7-4-6-22(29(23)38-31)18-10-17(11-20(32)12-18)8-9-44(2,42)43/h4,6-7,10-16H,3,5,8-9H2,1-2H3,(H,36,41)(H,37,38)(H,39,40). The second-order valence-corrected chi connectivity index (χ2v) is 12.8. The fourth-order valence-corrected chi connectivity index (χ4v) is 5.67. The molecule has 0 saturated carbocycles. The minimum atomic E-state index is -3.23. The van der Waals surface area contributed by atoms with Crippen LogP contribution in [0.3, 0.4) is 0 Å². The molecule has 2 aromatic carbocycles. The number of imidazole rings is 1. The summed E-state index contributed by atoms with van der Waals surface area (Å²) in [6.07, 6.45) is 6.76. The van der Waals surface area contributed by atoms with E-state index in [9.17, 15) is 17.6 Å². The SMILES string of the molecule is CCCC(=O)Nc1cncc(-c2ncc3[nH]nc(-c4nc5c(-c6cc(F)cc(CCS(C)(=O)=O)c6)cccc5[nH]4)c3c2F)c1. The lowest BCUT2D eigenvalue weighted by atomic mass is 10.0. The first-order chi connectivity index (χ1) is 21.1. The fourth-order valence-electron chi connectivity index (χ4n) is 5.07. The molecule has 4 heterocycles. The van der Waals surface area contributed by atoms with Crippen molar-refractivity contribution in [1.82, 2.24) is 30.1 Å². The van der Waals surface area contributed by atoms with Crippen molar-refractivity contribution in [1.29, 1.82) is 0 Å². The van der Waals surface area contributed by atoms with Crippen LogP contribution in [-0.4, -0.2) is 56.5 Å². The van der Waals surface area contributed by atoms with E-state index in [4.69, 9.17) is 4.98 Å². The van der Waals surface area contributed by atoms with Gasteiger partial charge >= 0.3 is 0 Å². The molecule has 0 aliphatic carbocycles. The monoisotopic (exact) mass is 615 g/mol. The maximum Gasteiger partial charge on any atom is 0.224 e. The summed E-state index contributed by atoms with van der Waals surface area (Å²) in [7, 11) is -3.23. The number of carbonyl (C=O) groups is 1. The van der Waals surface area contributed by atoms with Gasteiger partial charge in [0, 0.05) is 30.0 Å². The molecule has 10 nitrogen and oxygen atoms in total. The van der Waals surface area contributed by atoms with Crippen LogP contribution >= 0.6 is 0 Å². The van der Waals surface area contributed by atoms with E-state index in [1.54, 1.807) is 30.3 Å². The number of aromatic nitrogens is 6. The van der Waals surface area contributed by atoms with Crippen molar-refractivity contribution in [3.63, 3.8) is 0 Å². The Morgan fingerprint density at radius 3 is 2.64 bits per heavy atom. The van der Waals surface area contributed by atoms with E-state index in [1.807, 2.05) is 6.92 Å². The van der Waals surface area contributed by atoms with Crippen molar-refractivity contribution < 1.29 is 22.0 Å². The van der Waals surface area contributed by atoms with Crippen LogP contribution in [0.25, 0.3) is 55.8 Å². The Labute approximate surface area is 250 Å². The number of fused-ring (bicyclic) bond motifs is 2. The first-order valence-corrected chi connectivity index (χ1v) is 15.9. The molecule has 0 spiro atoms. The Balaban J connectivity index is 1.40. The number of aryl methyl sites for hydroxylation is 1. The number of anilines is 1. The molecule has 0 radical (unpaired) electrons. The van der Waals surface area contributed by atoms with Gasteiger partial charge in [0.2, 0.25) is 5.91 Å². The third-order valence-electron chi connectivity index (χ3n) is 7.08. The molecule has 13 heteroatoms.